The first-order valence-corrected chi connectivity index (χ1v) is 6.93. The molecule has 1 aromatic rings. The van der Waals surface area contributed by atoms with Crippen LogP contribution in [0.3, 0.4) is 0 Å². The summed E-state index contributed by atoms with van der Waals surface area (Å²) in [4.78, 5) is 24.4. The van der Waals surface area contributed by atoms with Crippen LogP contribution in [-0.4, -0.2) is 35.1 Å². The van der Waals surface area contributed by atoms with Crippen LogP contribution in [-0.2, 0) is 11.2 Å². The first-order valence-electron chi connectivity index (χ1n) is 6.93. The highest BCUT2D eigenvalue weighted by molar-refractivity contribution is 5.89. The van der Waals surface area contributed by atoms with Crippen molar-refractivity contribution in [3.05, 3.63) is 29.8 Å². The van der Waals surface area contributed by atoms with Crippen molar-refractivity contribution in [1.82, 2.24) is 4.90 Å². The van der Waals surface area contributed by atoms with Gasteiger partial charge < -0.3 is 15.3 Å². The third kappa shape index (κ3) is 5.30. The van der Waals surface area contributed by atoms with Crippen molar-refractivity contribution < 1.29 is 14.7 Å². The minimum Gasteiger partial charge on any atom is -0.481 e. The molecule has 0 radical (unpaired) electrons. The van der Waals surface area contributed by atoms with E-state index in [-0.39, 0.29) is 12.5 Å². The van der Waals surface area contributed by atoms with Gasteiger partial charge in [0.15, 0.2) is 0 Å². The zero-order valence-corrected chi connectivity index (χ0v) is 12.1. The van der Waals surface area contributed by atoms with Crippen LogP contribution in [0.2, 0.25) is 0 Å². The van der Waals surface area contributed by atoms with Crippen LogP contribution in [0.5, 0.6) is 0 Å². The van der Waals surface area contributed by atoms with Crippen molar-refractivity contribution in [3.63, 3.8) is 0 Å². The minimum absolute atomic E-state index is 0.00792. The Morgan fingerprint density at radius 3 is 2.10 bits per heavy atom. The van der Waals surface area contributed by atoms with Gasteiger partial charge in [0.1, 0.15) is 0 Å². The third-order valence-corrected chi connectivity index (χ3v) is 2.83. The Bertz CT molecular complexity index is 437. The third-order valence-electron chi connectivity index (χ3n) is 2.83. The number of amides is 2. The molecule has 0 aliphatic heterocycles. The number of urea groups is 1. The van der Waals surface area contributed by atoms with Crippen molar-refractivity contribution in [3.8, 4) is 0 Å². The Kier molecular flexibility index (Phi) is 6.56. The SMILES string of the molecule is CCCN(CCC)C(=O)Nc1ccc(CC(=O)O)cc1. The normalized spacial score (nSPS) is 10.1. The van der Waals surface area contributed by atoms with Crippen LogP contribution in [0.4, 0.5) is 10.5 Å². The van der Waals surface area contributed by atoms with Gasteiger partial charge >= 0.3 is 12.0 Å². The number of hydrogen-bond donors (Lipinski definition) is 2. The molecule has 0 saturated carbocycles. The van der Waals surface area contributed by atoms with E-state index in [0.717, 1.165) is 31.5 Å². The lowest BCUT2D eigenvalue weighted by Crippen LogP contribution is -2.36. The molecule has 0 bridgehead atoms. The van der Waals surface area contributed by atoms with Gasteiger partial charge in [0, 0.05) is 18.8 Å². The van der Waals surface area contributed by atoms with Gasteiger partial charge in [0.2, 0.25) is 0 Å². The van der Waals surface area contributed by atoms with Gasteiger partial charge in [0.05, 0.1) is 6.42 Å². The molecule has 0 fully saturated rings. The second-order valence-corrected chi connectivity index (χ2v) is 4.68. The average molecular weight is 278 g/mol. The van der Waals surface area contributed by atoms with E-state index >= 15 is 0 Å². The molecule has 0 aliphatic carbocycles. The Balaban J connectivity index is 2.62. The van der Waals surface area contributed by atoms with Crippen molar-refractivity contribution in [1.29, 1.82) is 0 Å². The molecule has 2 amide bonds. The van der Waals surface area contributed by atoms with Crippen molar-refractivity contribution in [2.24, 2.45) is 0 Å². The molecule has 110 valence electrons. The number of carbonyl (C=O) groups is 2. The molecule has 0 aliphatic rings. The standard InChI is InChI=1S/C15H22N2O3/c1-3-9-17(10-4-2)15(20)16-13-7-5-12(6-8-13)11-14(18)19/h5-8H,3-4,9-11H2,1-2H3,(H,16,20)(H,18,19). The zero-order valence-electron chi connectivity index (χ0n) is 12.1. The summed E-state index contributed by atoms with van der Waals surface area (Å²) in [5, 5.41) is 11.5. The first kappa shape index (κ1) is 16.0. The minimum atomic E-state index is -0.862. The molecule has 0 unspecified atom stereocenters. The summed E-state index contributed by atoms with van der Waals surface area (Å²) in [5.41, 5.74) is 1.40. The lowest BCUT2D eigenvalue weighted by Gasteiger charge is -2.21. The van der Waals surface area contributed by atoms with Crippen LogP contribution in [0.25, 0.3) is 0 Å². The van der Waals surface area contributed by atoms with Crippen molar-refractivity contribution in [2.45, 2.75) is 33.1 Å². The summed E-state index contributed by atoms with van der Waals surface area (Å²) in [7, 11) is 0. The number of aliphatic carboxylic acids is 1. The topological polar surface area (TPSA) is 69.6 Å². The predicted molar refractivity (Wildman–Crippen MR) is 79.0 cm³/mol. The van der Waals surface area contributed by atoms with Crippen LogP contribution in [0.1, 0.15) is 32.3 Å². The first-order chi connectivity index (χ1) is 9.56. The fourth-order valence-corrected chi connectivity index (χ4v) is 1.94. The van der Waals surface area contributed by atoms with E-state index in [9.17, 15) is 9.59 Å². The number of carbonyl (C=O) groups excluding carboxylic acids is 1. The molecule has 2 N–H and O–H groups in total. The summed E-state index contributed by atoms with van der Waals surface area (Å²) in [5.74, 6) is -0.862. The molecule has 5 heteroatoms. The van der Waals surface area contributed by atoms with E-state index in [1.54, 1.807) is 29.2 Å². The average Bonchev–Trinajstić information content (AvgIpc) is 2.40. The van der Waals surface area contributed by atoms with Gasteiger partial charge in [0.25, 0.3) is 0 Å². The number of anilines is 1. The molecule has 0 spiro atoms. The Morgan fingerprint density at radius 1 is 1.10 bits per heavy atom. The van der Waals surface area contributed by atoms with Gasteiger partial charge in [-0.15, -0.1) is 0 Å². The summed E-state index contributed by atoms with van der Waals surface area (Å²) in [6, 6.07) is 6.78. The molecule has 5 nitrogen and oxygen atoms in total. The van der Waals surface area contributed by atoms with Crippen molar-refractivity contribution >= 4 is 17.7 Å². The highest BCUT2D eigenvalue weighted by Gasteiger charge is 2.11. The summed E-state index contributed by atoms with van der Waals surface area (Å²) in [6.07, 6.45) is 1.84. The monoisotopic (exact) mass is 278 g/mol. The fraction of sp³-hybridized carbons (Fsp3) is 0.467. The predicted octanol–water partition coefficient (Wildman–Crippen LogP) is 2.97. The van der Waals surface area contributed by atoms with Crippen LogP contribution in [0, 0.1) is 0 Å². The highest BCUT2D eigenvalue weighted by Crippen LogP contribution is 2.11. The fourth-order valence-electron chi connectivity index (χ4n) is 1.94. The molecule has 0 atom stereocenters. The number of benzene rings is 1. The lowest BCUT2D eigenvalue weighted by molar-refractivity contribution is -0.136. The molecule has 0 heterocycles. The van der Waals surface area contributed by atoms with E-state index < -0.39 is 5.97 Å². The quantitative estimate of drug-likeness (QED) is 0.805. The number of nitrogens with one attached hydrogen (secondary N) is 1. The van der Waals surface area contributed by atoms with Gasteiger partial charge in [-0.25, -0.2) is 4.79 Å². The molecule has 1 rings (SSSR count). The Morgan fingerprint density at radius 2 is 1.65 bits per heavy atom. The number of rotatable bonds is 7. The zero-order chi connectivity index (χ0) is 15.0. The molecular weight excluding hydrogens is 256 g/mol. The van der Waals surface area contributed by atoms with Crippen LogP contribution >= 0.6 is 0 Å². The summed E-state index contributed by atoms with van der Waals surface area (Å²) >= 11 is 0. The van der Waals surface area contributed by atoms with E-state index in [1.807, 2.05) is 13.8 Å². The van der Waals surface area contributed by atoms with Gasteiger partial charge in [-0.05, 0) is 30.5 Å². The van der Waals surface area contributed by atoms with Gasteiger partial charge in [-0.3, -0.25) is 4.79 Å². The molecular formula is C15H22N2O3. The largest absolute Gasteiger partial charge is 0.481 e. The van der Waals surface area contributed by atoms with Crippen LogP contribution in [0.15, 0.2) is 24.3 Å². The Labute approximate surface area is 119 Å². The molecule has 0 aromatic heterocycles. The molecule has 20 heavy (non-hydrogen) atoms. The second kappa shape index (κ2) is 8.19. The Hall–Kier alpha value is -2.04. The summed E-state index contributed by atoms with van der Waals surface area (Å²) < 4.78 is 0. The van der Waals surface area contributed by atoms with Gasteiger partial charge in [-0.1, -0.05) is 26.0 Å². The highest BCUT2D eigenvalue weighted by atomic mass is 16.4. The second-order valence-electron chi connectivity index (χ2n) is 4.68. The maximum absolute atomic E-state index is 12.1. The number of nitrogens with zero attached hydrogens (tertiary/aromatic N) is 1. The van der Waals surface area contributed by atoms with E-state index in [0.29, 0.717) is 5.69 Å². The van der Waals surface area contributed by atoms with E-state index in [4.69, 9.17) is 5.11 Å². The van der Waals surface area contributed by atoms with E-state index in [2.05, 4.69) is 5.32 Å². The lowest BCUT2D eigenvalue weighted by atomic mass is 10.1. The maximum atomic E-state index is 12.1. The smallest absolute Gasteiger partial charge is 0.321 e. The van der Waals surface area contributed by atoms with E-state index in [1.165, 1.54) is 0 Å². The number of hydrogen-bond acceptors (Lipinski definition) is 2. The molecule has 1 aromatic carbocycles. The summed E-state index contributed by atoms with van der Waals surface area (Å²) in [6.45, 7) is 5.54. The van der Waals surface area contributed by atoms with Gasteiger partial charge in [-0.2, -0.15) is 0 Å². The molecule has 0 saturated heterocycles. The maximum Gasteiger partial charge on any atom is 0.321 e. The van der Waals surface area contributed by atoms with Crippen molar-refractivity contribution in [2.75, 3.05) is 18.4 Å². The number of carboxylic acid groups (broad SMARTS) is 1. The number of carboxylic acids is 1. The van der Waals surface area contributed by atoms with Crippen LogP contribution < -0.4 is 5.32 Å².